The number of nitrogens with zero attached hydrogens (tertiary/aromatic N) is 1. The fourth-order valence-electron chi connectivity index (χ4n) is 2.51. The van der Waals surface area contributed by atoms with Gasteiger partial charge in [-0.25, -0.2) is 4.98 Å². The van der Waals surface area contributed by atoms with E-state index in [1.807, 2.05) is 31.2 Å². The first kappa shape index (κ1) is 15.2. The molecule has 1 aliphatic rings. The van der Waals surface area contributed by atoms with Crippen LogP contribution in [0.1, 0.15) is 30.3 Å². The molecule has 0 unspecified atom stereocenters. The first-order valence-electron chi connectivity index (χ1n) is 7.54. The predicted octanol–water partition coefficient (Wildman–Crippen LogP) is 4.23. The quantitative estimate of drug-likeness (QED) is 0.820. The second-order valence-electron chi connectivity index (χ2n) is 5.10. The van der Waals surface area contributed by atoms with E-state index in [4.69, 9.17) is 17.0 Å². The van der Waals surface area contributed by atoms with E-state index in [0.717, 1.165) is 29.4 Å². The summed E-state index contributed by atoms with van der Waals surface area (Å²) in [6.45, 7) is 2.59. The van der Waals surface area contributed by atoms with Crippen LogP contribution in [0, 0.1) is 0 Å². The molecule has 1 aliphatic carbocycles. The van der Waals surface area contributed by atoms with Gasteiger partial charge in [0.2, 0.25) is 0 Å². The smallest absolute Gasteiger partial charge is 0.189 e. The van der Waals surface area contributed by atoms with Crippen LogP contribution < -0.4 is 15.4 Å². The summed E-state index contributed by atoms with van der Waals surface area (Å²) in [5, 5.41) is 7.79. The minimum Gasteiger partial charge on any atom is -0.492 e. The van der Waals surface area contributed by atoms with Gasteiger partial charge in [0.1, 0.15) is 5.75 Å². The number of thiocarbonyl (C=S) groups is 1. The van der Waals surface area contributed by atoms with Gasteiger partial charge in [0.05, 0.1) is 18.0 Å². The molecule has 3 rings (SSSR count). The highest BCUT2D eigenvalue weighted by molar-refractivity contribution is 7.80. The number of fused-ring (bicyclic) bond motifs is 1. The van der Waals surface area contributed by atoms with Gasteiger partial charge in [-0.3, -0.25) is 0 Å². The van der Waals surface area contributed by atoms with Crippen molar-refractivity contribution in [2.75, 3.05) is 17.2 Å². The molecule has 0 aliphatic heterocycles. The zero-order valence-electron chi connectivity index (χ0n) is 12.5. The van der Waals surface area contributed by atoms with Crippen LogP contribution in [0.2, 0.25) is 0 Å². The second kappa shape index (κ2) is 7.07. The maximum atomic E-state index is 5.59. The van der Waals surface area contributed by atoms with Crippen molar-refractivity contribution in [1.29, 1.82) is 0 Å². The Morgan fingerprint density at radius 3 is 2.91 bits per heavy atom. The predicted molar refractivity (Wildman–Crippen MR) is 96.2 cm³/mol. The van der Waals surface area contributed by atoms with Crippen molar-refractivity contribution < 1.29 is 4.74 Å². The maximum absolute atomic E-state index is 5.59. The molecule has 6 heteroatoms. The summed E-state index contributed by atoms with van der Waals surface area (Å²) in [6, 6.07) is 7.78. The first-order chi connectivity index (χ1) is 10.8. The monoisotopic (exact) mass is 333 g/mol. The molecule has 2 N–H and O–H groups in total. The zero-order chi connectivity index (χ0) is 15.4. The maximum Gasteiger partial charge on any atom is 0.189 e. The molecule has 0 amide bonds. The van der Waals surface area contributed by atoms with E-state index < -0.39 is 0 Å². The van der Waals surface area contributed by atoms with Gasteiger partial charge in [-0.15, -0.1) is 11.3 Å². The number of aromatic nitrogens is 1. The lowest BCUT2D eigenvalue weighted by atomic mass is 10.0. The third-order valence-corrected chi connectivity index (χ3v) is 4.78. The Morgan fingerprint density at radius 2 is 2.09 bits per heavy atom. The van der Waals surface area contributed by atoms with E-state index in [1.165, 1.54) is 23.4 Å². The summed E-state index contributed by atoms with van der Waals surface area (Å²) in [6.07, 6.45) is 4.72. The zero-order valence-corrected chi connectivity index (χ0v) is 14.1. The van der Waals surface area contributed by atoms with Crippen molar-refractivity contribution in [3.63, 3.8) is 0 Å². The lowest BCUT2D eigenvalue weighted by molar-refractivity contribution is 0.342. The Hall–Kier alpha value is -1.66. The number of aryl methyl sites for hydroxylation is 2. The largest absolute Gasteiger partial charge is 0.492 e. The Labute approximate surface area is 139 Å². The van der Waals surface area contributed by atoms with Crippen molar-refractivity contribution in [1.82, 2.24) is 4.98 Å². The Bertz CT molecular complexity index is 646. The molecule has 1 aromatic heterocycles. The summed E-state index contributed by atoms with van der Waals surface area (Å²) in [4.78, 5) is 6.03. The topological polar surface area (TPSA) is 46.2 Å². The van der Waals surface area contributed by atoms with Crippen LogP contribution in [0.25, 0.3) is 0 Å². The van der Waals surface area contributed by atoms with Gasteiger partial charge < -0.3 is 15.4 Å². The van der Waals surface area contributed by atoms with Crippen LogP contribution >= 0.6 is 23.6 Å². The molecule has 0 radical (unpaired) electrons. The van der Waals surface area contributed by atoms with E-state index in [9.17, 15) is 0 Å². The molecule has 1 aromatic carbocycles. The number of hydrogen-bond donors (Lipinski definition) is 2. The van der Waals surface area contributed by atoms with Crippen LogP contribution in [-0.4, -0.2) is 16.7 Å². The number of thiazole rings is 1. The molecular formula is C16H19N3OS2. The van der Waals surface area contributed by atoms with Crippen LogP contribution in [-0.2, 0) is 12.8 Å². The molecule has 0 spiro atoms. The van der Waals surface area contributed by atoms with Gasteiger partial charge in [0.15, 0.2) is 10.2 Å². The van der Waals surface area contributed by atoms with Gasteiger partial charge >= 0.3 is 0 Å². The van der Waals surface area contributed by atoms with E-state index in [2.05, 4.69) is 15.6 Å². The number of anilines is 2. The SMILES string of the molecule is CCOc1ccccc1NC(=S)Nc1nc2c(s1)CCCC2. The van der Waals surface area contributed by atoms with Crippen LogP contribution in [0.5, 0.6) is 5.75 Å². The van der Waals surface area contributed by atoms with E-state index >= 15 is 0 Å². The van der Waals surface area contributed by atoms with E-state index in [1.54, 1.807) is 11.3 Å². The molecule has 2 aromatic rings. The second-order valence-corrected chi connectivity index (χ2v) is 6.60. The summed E-state index contributed by atoms with van der Waals surface area (Å²) in [5.41, 5.74) is 2.10. The normalized spacial score (nSPS) is 13.3. The molecule has 116 valence electrons. The van der Waals surface area contributed by atoms with Crippen LogP contribution in [0.15, 0.2) is 24.3 Å². The first-order valence-corrected chi connectivity index (χ1v) is 8.77. The Kier molecular flexibility index (Phi) is 4.90. The number of para-hydroxylation sites is 2. The third kappa shape index (κ3) is 3.56. The van der Waals surface area contributed by atoms with Crippen LogP contribution in [0.4, 0.5) is 10.8 Å². The highest BCUT2D eigenvalue weighted by Gasteiger charge is 2.15. The number of ether oxygens (including phenoxy) is 1. The fourth-order valence-corrected chi connectivity index (χ4v) is 3.83. The van der Waals surface area contributed by atoms with E-state index in [0.29, 0.717) is 11.7 Å². The van der Waals surface area contributed by atoms with Crippen molar-refractivity contribution in [2.45, 2.75) is 32.6 Å². The molecule has 22 heavy (non-hydrogen) atoms. The van der Waals surface area contributed by atoms with Gasteiger partial charge in [-0.2, -0.15) is 0 Å². The average Bonchev–Trinajstić information content (AvgIpc) is 2.91. The molecule has 4 nitrogen and oxygen atoms in total. The molecule has 0 atom stereocenters. The number of rotatable bonds is 4. The van der Waals surface area contributed by atoms with Gasteiger partial charge in [0.25, 0.3) is 0 Å². The van der Waals surface area contributed by atoms with Gasteiger partial charge in [0, 0.05) is 4.88 Å². The molecular weight excluding hydrogens is 314 g/mol. The summed E-state index contributed by atoms with van der Waals surface area (Å²) in [5.74, 6) is 0.799. The fraction of sp³-hybridized carbons (Fsp3) is 0.375. The standard InChI is InChI=1S/C16H19N3OS2/c1-2-20-13-9-5-3-7-11(13)17-15(21)19-16-18-12-8-4-6-10-14(12)22-16/h3,5,7,9H,2,4,6,8,10H2,1H3,(H2,17,18,19,21). The number of nitrogens with one attached hydrogen (secondary N) is 2. The third-order valence-electron chi connectivity index (χ3n) is 3.50. The summed E-state index contributed by atoms with van der Waals surface area (Å²) >= 11 is 7.10. The number of hydrogen-bond acceptors (Lipinski definition) is 4. The molecule has 0 saturated heterocycles. The van der Waals surface area contributed by atoms with E-state index in [-0.39, 0.29) is 0 Å². The lowest BCUT2D eigenvalue weighted by Gasteiger charge is -2.12. The van der Waals surface area contributed by atoms with Crippen molar-refractivity contribution >= 4 is 39.5 Å². The molecule has 0 fully saturated rings. The highest BCUT2D eigenvalue weighted by atomic mass is 32.1. The minimum atomic E-state index is 0.540. The number of benzene rings is 1. The summed E-state index contributed by atoms with van der Waals surface area (Å²) in [7, 11) is 0. The van der Waals surface area contributed by atoms with Crippen LogP contribution in [0.3, 0.4) is 0 Å². The van der Waals surface area contributed by atoms with Gasteiger partial charge in [-0.1, -0.05) is 12.1 Å². The average molecular weight is 333 g/mol. The highest BCUT2D eigenvalue weighted by Crippen LogP contribution is 2.30. The Balaban J connectivity index is 1.66. The molecule has 0 bridgehead atoms. The van der Waals surface area contributed by atoms with Crippen molar-refractivity contribution in [3.05, 3.63) is 34.8 Å². The molecule has 0 saturated carbocycles. The minimum absolute atomic E-state index is 0.540. The van der Waals surface area contributed by atoms with Crippen molar-refractivity contribution in [3.8, 4) is 5.75 Å². The lowest BCUT2D eigenvalue weighted by Crippen LogP contribution is -2.19. The summed E-state index contributed by atoms with van der Waals surface area (Å²) < 4.78 is 5.59. The van der Waals surface area contributed by atoms with Crippen molar-refractivity contribution in [2.24, 2.45) is 0 Å². The Morgan fingerprint density at radius 1 is 1.27 bits per heavy atom. The van der Waals surface area contributed by atoms with Gasteiger partial charge in [-0.05, 0) is 57.0 Å². The molecule has 1 heterocycles.